The number of carbonyl (C=O) groups excluding carboxylic acids is 2. The largest absolute Gasteiger partial charge is 0.493 e. The van der Waals surface area contributed by atoms with Gasteiger partial charge in [0.15, 0.2) is 23.0 Å². The minimum atomic E-state index is -0.194. The van der Waals surface area contributed by atoms with Gasteiger partial charge in [-0.3, -0.25) is 14.5 Å². The minimum Gasteiger partial charge on any atom is -0.493 e. The zero-order valence-electron chi connectivity index (χ0n) is 30.7. The average molecular weight is 712 g/mol. The third-order valence-electron chi connectivity index (χ3n) is 8.65. The van der Waals surface area contributed by atoms with E-state index in [0.29, 0.717) is 47.6 Å². The van der Waals surface area contributed by atoms with Crippen LogP contribution in [0.3, 0.4) is 0 Å². The Morgan fingerprint density at radius 3 is 1.38 bits per heavy atom. The minimum absolute atomic E-state index is 0.153. The number of hydrogen-bond donors (Lipinski definition) is 2. The van der Waals surface area contributed by atoms with E-state index in [2.05, 4.69) is 27.7 Å². The molecule has 3 aromatic rings. The van der Waals surface area contributed by atoms with Gasteiger partial charge in [-0.1, -0.05) is 66.8 Å². The van der Waals surface area contributed by atoms with E-state index in [1.165, 1.54) is 17.7 Å². The lowest BCUT2D eigenvalue weighted by atomic mass is 9.96. The highest BCUT2D eigenvalue weighted by atomic mass is 16.5. The molecule has 11 nitrogen and oxygen atoms in total. The molecule has 1 heterocycles. The number of amides is 2. The van der Waals surface area contributed by atoms with Crippen molar-refractivity contribution in [1.29, 1.82) is 0 Å². The lowest BCUT2D eigenvalue weighted by Gasteiger charge is -2.18. The summed E-state index contributed by atoms with van der Waals surface area (Å²) in [6.45, 7) is 3.37. The van der Waals surface area contributed by atoms with Gasteiger partial charge in [0, 0.05) is 44.9 Å². The van der Waals surface area contributed by atoms with E-state index in [-0.39, 0.29) is 23.7 Å². The molecule has 2 amide bonds. The summed E-state index contributed by atoms with van der Waals surface area (Å²) >= 11 is 0. The molecule has 3 aromatic carbocycles. The zero-order valence-corrected chi connectivity index (χ0v) is 30.7. The second-order valence-corrected chi connectivity index (χ2v) is 12.0. The van der Waals surface area contributed by atoms with E-state index in [0.717, 1.165) is 30.8 Å². The SMILES string of the molecule is COc1cc(/C=C/C=C/C(=O)NC[C@@H]2CN(Cc3ccccc3)C[C@H]2CNC(=O)/C=C/C=C/c2cc(OC)c(OC)c(OC)c2)cc(OC)c1OC. The van der Waals surface area contributed by atoms with Crippen LogP contribution in [0.1, 0.15) is 16.7 Å². The number of nitrogens with one attached hydrogen (secondary N) is 2. The maximum absolute atomic E-state index is 12.8. The van der Waals surface area contributed by atoms with Gasteiger partial charge >= 0.3 is 0 Å². The Bertz CT molecular complexity index is 1590. The fourth-order valence-corrected chi connectivity index (χ4v) is 6.06. The third-order valence-corrected chi connectivity index (χ3v) is 8.65. The first kappa shape index (κ1) is 39.1. The quantitative estimate of drug-likeness (QED) is 0.129. The number of ether oxygens (including phenoxy) is 6. The van der Waals surface area contributed by atoms with Crippen LogP contribution in [0.4, 0.5) is 0 Å². The van der Waals surface area contributed by atoms with Crippen molar-refractivity contribution in [3.63, 3.8) is 0 Å². The smallest absolute Gasteiger partial charge is 0.243 e. The molecule has 0 spiro atoms. The molecule has 1 saturated heterocycles. The van der Waals surface area contributed by atoms with Crippen molar-refractivity contribution in [3.05, 3.63) is 108 Å². The van der Waals surface area contributed by atoms with Crippen LogP contribution in [0, 0.1) is 11.8 Å². The number of nitrogens with zero attached hydrogens (tertiary/aromatic N) is 1. The highest BCUT2D eigenvalue weighted by Crippen LogP contribution is 2.39. The number of methoxy groups -OCH3 is 6. The predicted molar refractivity (Wildman–Crippen MR) is 203 cm³/mol. The second kappa shape index (κ2) is 20.2. The number of allylic oxidation sites excluding steroid dienone is 4. The highest BCUT2D eigenvalue weighted by Gasteiger charge is 2.32. The fraction of sp³-hybridized carbons (Fsp3) is 0.317. The first-order valence-electron chi connectivity index (χ1n) is 16.9. The Hall–Kier alpha value is -5.68. The lowest BCUT2D eigenvalue weighted by molar-refractivity contribution is -0.117. The van der Waals surface area contributed by atoms with Crippen LogP contribution < -0.4 is 39.1 Å². The fourth-order valence-electron chi connectivity index (χ4n) is 6.06. The molecule has 4 rings (SSSR count). The summed E-state index contributed by atoms with van der Waals surface area (Å²) in [6, 6.07) is 17.6. The summed E-state index contributed by atoms with van der Waals surface area (Å²) in [5.74, 6) is 3.14. The first-order valence-corrected chi connectivity index (χ1v) is 16.9. The maximum Gasteiger partial charge on any atom is 0.243 e. The van der Waals surface area contributed by atoms with Gasteiger partial charge in [0.2, 0.25) is 23.3 Å². The van der Waals surface area contributed by atoms with E-state index < -0.39 is 0 Å². The Kier molecular flexibility index (Phi) is 15.2. The van der Waals surface area contributed by atoms with Crippen molar-refractivity contribution in [1.82, 2.24) is 15.5 Å². The van der Waals surface area contributed by atoms with Gasteiger partial charge in [0.25, 0.3) is 0 Å². The Morgan fingerprint density at radius 2 is 1.02 bits per heavy atom. The van der Waals surface area contributed by atoms with E-state index in [1.54, 1.807) is 67.0 Å². The van der Waals surface area contributed by atoms with Crippen LogP contribution >= 0.6 is 0 Å². The van der Waals surface area contributed by atoms with Crippen LogP contribution in [0.2, 0.25) is 0 Å². The van der Waals surface area contributed by atoms with E-state index in [4.69, 9.17) is 28.4 Å². The molecule has 0 aromatic heterocycles. The molecule has 2 N–H and O–H groups in total. The number of hydrogen-bond acceptors (Lipinski definition) is 9. The first-order chi connectivity index (χ1) is 25.3. The van der Waals surface area contributed by atoms with Crippen LogP contribution in [-0.2, 0) is 16.1 Å². The summed E-state index contributed by atoms with van der Waals surface area (Å²) in [6.07, 6.45) is 13.6. The normalized spacial score (nSPS) is 16.1. The Morgan fingerprint density at radius 1 is 0.615 bits per heavy atom. The molecule has 0 radical (unpaired) electrons. The molecule has 52 heavy (non-hydrogen) atoms. The van der Waals surface area contributed by atoms with Gasteiger partial charge in [0.1, 0.15) is 0 Å². The van der Waals surface area contributed by atoms with Crippen LogP contribution in [0.15, 0.2) is 91.1 Å². The third kappa shape index (κ3) is 11.2. The monoisotopic (exact) mass is 711 g/mol. The molecular weight excluding hydrogens is 662 g/mol. The molecule has 1 aliphatic rings. The molecule has 1 fully saturated rings. The highest BCUT2D eigenvalue weighted by molar-refractivity contribution is 5.88. The van der Waals surface area contributed by atoms with Crippen molar-refractivity contribution >= 4 is 24.0 Å². The van der Waals surface area contributed by atoms with Gasteiger partial charge in [-0.25, -0.2) is 0 Å². The lowest BCUT2D eigenvalue weighted by Crippen LogP contribution is -2.36. The van der Waals surface area contributed by atoms with Crippen molar-refractivity contribution < 1.29 is 38.0 Å². The molecule has 11 heteroatoms. The summed E-state index contributed by atoms with van der Waals surface area (Å²) in [4.78, 5) is 27.9. The van der Waals surface area contributed by atoms with Gasteiger partial charge in [-0.15, -0.1) is 0 Å². The number of likely N-dealkylation sites (tertiary alicyclic amines) is 1. The summed E-state index contributed by atoms with van der Waals surface area (Å²) in [5, 5.41) is 6.11. The summed E-state index contributed by atoms with van der Waals surface area (Å²) in [5.41, 5.74) is 2.88. The molecule has 276 valence electrons. The topological polar surface area (TPSA) is 117 Å². The Labute approximate surface area is 306 Å². The zero-order chi connectivity index (χ0) is 37.3. The molecule has 1 aliphatic heterocycles. The van der Waals surface area contributed by atoms with E-state index in [1.807, 2.05) is 54.6 Å². The van der Waals surface area contributed by atoms with Crippen LogP contribution in [-0.4, -0.2) is 85.6 Å². The summed E-state index contributed by atoms with van der Waals surface area (Å²) in [7, 11) is 9.38. The van der Waals surface area contributed by atoms with Gasteiger partial charge in [0.05, 0.1) is 42.7 Å². The van der Waals surface area contributed by atoms with Crippen molar-refractivity contribution in [3.8, 4) is 34.5 Å². The Balaban J connectivity index is 1.33. The van der Waals surface area contributed by atoms with Crippen LogP contribution in [0.25, 0.3) is 12.2 Å². The molecule has 0 unspecified atom stereocenters. The van der Waals surface area contributed by atoms with Crippen molar-refractivity contribution in [2.45, 2.75) is 6.54 Å². The number of rotatable bonds is 18. The van der Waals surface area contributed by atoms with Crippen molar-refractivity contribution in [2.24, 2.45) is 11.8 Å². The second-order valence-electron chi connectivity index (χ2n) is 12.0. The molecule has 0 saturated carbocycles. The maximum atomic E-state index is 12.8. The molecule has 0 aliphatic carbocycles. The van der Waals surface area contributed by atoms with Gasteiger partial charge in [-0.2, -0.15) is 0 Å². The molecular formula is C41H49N3O8. The average Bonchev–Trinajstić information content (AvgIpc) is 3.56. The van der Waals surface area contributed by atoms with Crippen molar-refractivity contribution in [2.75, 3.05) is 68.8 Å². The van der Waals surface area contributed by atoms with Gasteiger partial charge < -0.3 is 39.1 Å². The number of benzene rings is 3. The van der Waals surface area contributed by atoms with E-state index >= 15 is 0 Å². The predicted octanol–water partition coefficient (Wildman–Crippen LogP) is 5.56. The number of carbonyl (C=O) groups is 2. The molecule has 2 atom stereocenters. The summed E-state index contributed by atoms with van der Waals surface area (Å²) < 4.78 is 32.4. The van der Waals surface area contributed by atoms with E-state index in [9.17, 15) is 9.59 Å². The molecule has 0 bridgehead atoms. The van der Waals surface area contributed by atoms with Crippen LogP contribution in [0.5, 0.6) is 34.5 Å². The van der Waals surface area contributed by atoms with Gasteiger partial charge in [-0.05, 0) is 52.8 Å². The standard InChI is InChI=1S/C41H49N3O8/c1-47-34-20-30(21-35(48-2)40(34)51-5)16-10-12-18-38(45)42-24-32-27-44(26-29-14-8-7-9-15-29)28-33(32)25-43-39(46)19-13-11-17-31-22-36(49-3)41(52-6)37(23-31)50-4/h7-23,32-33H,24-28H2,1-6H3,(H,42,45)(H,43,46)/b16-10+,17-11+,18-12+,19-13+/t32-,33-/m1/s1.